The van der Waals surface area contributed by atoms with Crippen LogP contribution >= 0.6 is 0 Å². The van der Waals surface area contributed by atoms with Crippen molar-refractivity contribution in [3.8, 4) is 0 Å². The molecule has 0 aliphatic rings. The van der Waals surface area contributed by atoms with Gasteiger partial charge in [0.2, 0.25) is 0 Å². The summed E-state index contributed by atoms with van der Waals surface area (Å²) < 4.78 is 0. The lowest BCUT2D eigenvalue weighted by Crippen LogP contribution is -2.32. The van der Waals surface area contributed by atoms with Gasteiger partial charge < -0.3 is 10.4 Å². The van der Waals surface area contributed by atoms with E-state index in [2.05, 4.69) is 44.3 Å². The van der Waals surface area contributed by atoms with Crippen LogP contribution in [0.5, 0.6) is 0 Å². The lowest BCUT2D eigenvalue weighted by Gasteiger charge is -2.21. The number of rotatable bonds is 4. The number of hydrogen-bond donors (Lipinski definition) is 2. The second-order valence-corrected chi connectivity index (χ2v) is 4.26. The number of nitrogens with one attached hydrogen (secondary N) is 1. The molecule has 2 N–H and O–H groups in total. The molecule has 0 heterocycles. The Labute approximate surface area is 92.3 Å². The highest BCUT2D eigenvalue weighted by molar-refractivity contribution is 5.35. The van der Waals surface area contributed by atoms with Crippen molar-refractivity contribution >= 4 is 0 Å². The number of hydrogen-bond acceptors (Lipinski definition) is 2. The molecule has 0 saturated heterocycles. The van der Waals surface area contributed by atoms with Crippen LogP contribution in [0.4, 0.5) is 0 Å². The van der Waals surface area contributed by atoms with Gasteiger partial charge >= 0.3 is 0 Å². The summed E-state index contributed by atoms with van der Waals surface area (Å²) in [4.78, 5) is 0. The van der Waals surface area contributed by atoms with Gasteiger partial charge in [-0.25, -0.2) is 0 Å². The van der Waals surface area contributed by atoms with E-state index < -0.39 is 0 Å². The Morgan fingerprint density at radius 1 is 1.27 bits per heavy atom. The van der Waals surface area contributed by atoms with Crippen LogP contribution in [0.25, 0.3) is 0 Å². The Morgan fingerprint density at radius 2 is 1.93 bits per heavy atom. The summed E-state index contributed by atoms with van der Waals surface area (Å²) in [7, 11) is 0. The molecule has 2 nitrogen and oxygen atoms in total. The molecule has 15 heavy (non-hydrogen) atoms. The fraction of sp³-hybridized carbons (Fsp3) is 0.538. The number of aliphatic hydroxyl groups is 1. The van der Waals surface area contributed by atoms with Crippen molar-refractivity contribution in [1.29, 1.82) is 0 Å². The van der Waals surface area contributed by atoms with Crippen LogP contribution in [0, 0.1) is 13.8 Å². The van der Waals surface area contributed by atoms with Crippen LogP contribution in [0.1, 0.15) is 36.6 Å². The van der Waals surface area contributed by atoms with Gasteiger partial charge in [-0.2, -0.15) is 0 Å². The highest BCUT2D eigenvalue weighted by Gasteiger charge is 2.11. The van der Waals surface area contributed by atoms with E-state index in [1.165, 1.54) is 16.7 Å². The zero-order chi connectivity index (χ0) is 11.4. The van der Waals surface area contributed by atoms with Crippen LogP contribution in [0.3, 0.4) is 0 Å². The van der Waals surface area contributed by atoms with Gasteiger partial charge in [-0.05, 0) is 44.4 Å². The Kier molecular flexibility index (Phi) is 4.30. The van der Waals surface area contributed by atoms with Crippen molar-refractivity contribution in [3.63, 3.8) is 0 Å². The predicted molar refractivity (Wildman–Crippen MR) is 64.0 cm³/mol. The van der Waals surface area contributed by atoms with E-state index in [4.69, 9.17) is 5.11 Å². The predicted octanol–water partition coefficient (Wildman–Crippen LogP) is 2.33. The molecule has 2 heteroatoms. The molecule has 2 unspecified atom stereocenters. The molecule has 0 amide bonds. The van der Waals surface area contributed by atoms with Gasteiger partial charge in [0.1, 0.15) is 0 Å². The molecule has 0 aliphatic heterocycles. The van der Waals surface area contributed by atoms with Crippen LogP contribution in [-0.4, -0.2) is 17.8 Å². The highest BCUT2D eigenvalue weighted by Crippen LogP contribution is 2.20. The standard InChI is InChI=1S/C13H21NO/c1-9-6-5-7-13(11(9)3)12(4)14-10(2)8-15/h5-7,10,12,14-15H,8H2,1-4H3. The third-order valence-electron chi connectivity index (χ3n) is 2.92. The molecule has 84 valence electrons. The average Bonchev–Trinajstić information content (AvgIpc) is 2.21. The van der Waals surface area contributed by atoms with Gasteiger partial charge in [-0.1, -0.05) is 18.2 Å². The lowest BCUT2D eigenvalue weighted by molar-refractivity contribution is 0.243. The quantitative estimate of drug-likeness (QED) is 0.794. The SMILES string of the molecule is Cc1cccc(C(C)NC(C)CO)c1C. The molecule has 0 radical (unpaired) electrons. The van der Waals surface area contributed by atoms with Gasteiger partial charge in [0.25, 0.3) is 0 Å². The fourth-order valence-electron chi connectivity index (χ4n) is 1.81. The summed E-state index contributed by atoms with van der Waals surface area (Å²) in [6.45, 7) is 8.57. The minimum atomic E-state index is 0.139. The van der Waals surface area contributed by atoms with E-state index in [0.717, 1.165) is 0 Å². The second-order valence-electron chi connectivity index (χ2n) is 4.26. The van der Waals surface area contributed by atoms with Crippen molar-refractivity contribution in [3.05, 3.63) is 34.9 Å². The average molecular weight is 207 g/mol. The first kappa shape index (κ1) is 12.2. The molecule has 2 atom stereocenters. The summed E-state index contributed by atoms with van der Waals surface area (Å²) in [6, 6.07) is 6.77. The Morgan fingerprint density at radius 3 is 2.53 bits per heavy atom. The number of aryl methyl sites for hydroxylation is 1. The first-order valence-electron chi connectivity index (χ1n) is 5.49. The van der Waals surface area contributed by atoms with Crippen molar-refractivity contribution in [1.82, 2.24) is 5.32 Å². The summed E-state index contributed by atoms with van der Waals surface area (Å²) in [5.41, 5.74) is 3.97. The monoisotopic (exact) mass is 207 g/mol. The second kappa shape index (κ2) is 5.29. The third kappa shape index (κ3) is 3.05. The molecule has 1 aromatic carbocycles. The van der Waals surface area contributed by atoms with E-state index in [1.54, 1.807) is 0 Å². The maximum Gasteiger partial charge on any atom is 0.0582 e. The Bertz CT molecular complexity index is 322. The molecule has 0 bridgehead atoms. The van der Waals surface area contributed by atoms with Gasteiger partial charge in [-0.3, -0.25) is 0 Å². The molecule has 0 aromatic heterocycles. The molecule has 0 spiro atoms. The molecular formula is C13H21NO. The minimum absolute atomic E-state index is 0.139. The van der Waals surface area contributed by atoms with Gasteiger partial charge in [0.15, 0.2) is 0 Å². The normalized spacial score (nSPS) is 15.0. The van der Waals surface area contributed by atoms with Gasteiger partial charge in [0.05, 0.1) is 6.61 Å². The van der Waals surface area contributed by atoms with Crippen LogP contribution in [0.15, 0.2) is 18.2 Å². The molecule has 0 aliphatic carbocycles. The van der Waals surface area contributed by atoms with Crippen molar-refractivity contribution in [2.75, 3.05) is 6.61 Å². The first-order valence-corrected chi connectivity index (χ1v) is 5.49. The first-order chi connectivity index (χ1) is 7.06. The van der Waals surface area contributed by atoms with Crippen LogP contribution < -0.4 is 5.32 Å². The van der Waals surface area contributed by atoms with Crippen LogP contribution in [0.2, 0.25) is 0 Å². The molecule has 0 fully saturated rings. The maximum absolute atomic E-state index is 8.99. The minimum Gasteiger partial charge on any atom is -0.395 e. The van der Waals surface area contributed by atoms with E-state index >= 15 is 0 Å². The topological polar surface area (TPSA) is 32.3 Å². The van der Waals surface area contributed by atoms with Gasteiger partial charge in [-0.15, -0.1) is 0 Å². The van der Waals surface area contributed by atoms with E-state index in [9.17, 15) is 0 Å². The summed E-state index contributed by atoms with van der Waals surface area (Å²) >= 11 is 0. The van der Waals surface area contributed by atoms with Crippen LogP contribution in [-0.2, 0) is 0 Å². The summed E-state index contributed by atoms with van der Waals surface area (Å²) in [6.07, 6.45) is 0. The van der Waals surface area contributed by atoms with E-state index in [-0.39, 0.29) is 18.7 Å². The largest absolute Gasteiger partial charge is 0.395 e. The lowest BCUT2D eigenvalue weighted by atomic mass is 9.98. The molecule has 0 saturated carbocycles. The van der Waals surface area contributed by atoms with E-state index in [1.807, 2.05) is 6.92 Å². The molecule has 1 rings (SSSR count). The van der Waals surface area contributed by atoms with E-state index in [0.29, 0.717) is 0 Å². The summed E-state index contributed by atoms with van der Waals surface area (Å²) in [5, 5.41) is 12.4. The van der Waals surface area contributed by atoms with Crippen molar-refractivity contribution in [2.45, 2.75) is 39.8 Å². The maximum atomic E-state index is 8.99. The fourth-order valence-corrected chi connectivity index (χ4v) is 1.81. The Balaban J connectivity index is 2.82. The molecule has 1 aromatic rings. The third-order valence-corrected chi connectivity index (χ3v) is 2.92. The summed E-state index contributed by atoms with van der Waals surface area (Å²) in [5.74, 6) is 0. The van der Waals surface area contributed by atoms with Gasteiger partial charge in [0, 0.05) is 12.1 Å². The number of benzene rings is 1. The molecular weight excluding hydrogens is 186 g/mol. The zero-order valence-electron chi connectivity index (χ0n) is 10.0. The number of aliphatic hydroxyl groups excluding tert-OH is 1. The zero-order valence-corrected chi connectivity index (χ0v) is 10.0. The Hall–Kier alpha value is -0.860. The smallest absolute Gasteiger partial charge is 0.0582 e. The van der Waals surface area contributed by atoms with Crippen molar-refractivity contribution < 1.29 is 5.11 Å². The highest BCUT2D eigenvalue weighted by atomic mass is 16.3. The van der Waals surface area contributed by atoms with Crippen molar-refractivity contribution in [2.24, 2.45) is 0 Å².